The summed E-state index contributed by atoms with van der Waals surface area (Å²) in [4.78, 5) is 7.77. The molecule has 4 N–H and O–H groups in total. The number of aromatic nitrogens is 2. The van der Waals surface area contributed by atoms with Gasteiger partial charge in [-0.05, 0) is 11.1 Å². The lowest BCUT2D eigenvalue weighted by Crippen LogP contribution is -2.02. The number of nitrogens with two attached hydrogens (primary N) is 2. The Kier molecular flexibility index (Phi) is 3.39. The van der Waals surface area contributed by atoms with Crippen LogP contribution in [0, 0.1) is 0 Å². The number of sulfone groups is 1. The lowest BCUT2D eigenvalue weighted by Gasteiger charge is -2.06. The van der Waals surface area contributed by atoms with Crippen LogP contribution < -0.4 is 11.5 Å². The van der Waals surface area contributed by atoms with Crippen molar-refractivity contribution in [3.63, 3.8) is 0 Å². The van der Waals surface area contributed by atoms with Gasteiger partial charge in [-0.15, -0.1) is 0 Å². The van der Waals surface area contributed by atoms with Crippen LogP contribution in [0.1, 0.15) is 5.56 Å². The predicted molar refractivity (Wildman–Crippen MR) is 74.8 cm³/mol. The molecule has 0 aliphatic heterocycles. The first-order valence-electron chi connectivity index (χ1n) is 5.50. The van der Waals surface area contributed by atoms with Crippen LogP contribution in [-0.4, -0.2) is 24.6 Å². The number of hydrogen-bond donors (Lipinski definition) is 2. The van der Waals surface area contributed by atoms with Crippen molar-refractivity contribution in [2.45, 2.75) is 5.75 Å². The lowest BCUT2D eigenvalue weighted by atomic mass is 10.1. The zero-order valence-corrected chi connectivity index (χ0v) is 11.2. The fourth-order valence-electron chi connectivity index (χ4n) is 1.72. The van der Waals surface area contributed by atoms with E-state index in [1.165, 1.54) is 6.26 Å². The van der Waals surface area contributed by atoms with Gasteiger partial charge in [0, 0.05) is 18.0 Å². The molecule has 0 aliphatic carbocycles. The predicted octanol–water partition coefficient (Wildman–Crippen LogP) is 0.853. The normalized spacial score (nSPS) is 11.4. The van der Waals surface area contributed by atoms with Crippen molar-refractivity contribution < 1.29 is 8.42 Å². The van der Waals surface area contributed by atoms with Crippen molar-refractivity contribution in [1.29, 1.82) is 0 Å². The minimum atomic E-state index is -3.03. The number of rotatable bonds is 3. The lowest BCUT2D eigenvalue weighted by molar-refractivity contribution is 0.601. The van der Waals surface area contributed by atoms with E-state index >= 15 is 0 Å². The molecule has 7 heteroatoms. The third-order valence-corrected chi connectivity index (χ3v) is 3.39. The molecule has 0 atom stereocenters. The van der Waals surface area contributed by atoms with Gasteiger partial charge >= 0.3 is 0 Å². The Balaban J connectivity index is 2.32. The molecule has 0 bridgehead atoms. The van der Waals surface area contributed by atoms with Crippen LogP contribution in [0.15, 0.2) is 30.5 Å². The van der Waals surface area contributed by atoms with E-state index in [1.807, 2.05) is 0 Å². The molecule has 0 saturated heterocycles. The summed E-state index contributed by atoms with van der Waals surface area (Å²) < 4.78 is 22.4. The molecule has 19 heavy (non-hydrogen) atoms. The third kappa shape index (κ3) is 3.41. The second-order valence-corrected chi connectivity index (χ2v) is 6.43. The SMILES string of the molecule is CS(=O)(=O)Cc1ccc(-c2cnc(N)nc2N)cc1. The first kappa shape index (κ1) is 13.3. The molecular formula is C12H14N4O2S. The fourth-order valence-corrected chi connectivity index (χ4v) is 2.51. The number of benzene rings is 1. The van der Waals surface area contributed by atoms with E-state index in [9.17, 15) is 8.42 Å². The van der Waals surface area contributed by atoms with Crippen molar-refractivity contribution in [2.24, 2.45) is 0 Å². The average Bonchev–Trinajstić information content (AvgIpc) is 2.28. The molecule has 100 valence electrons. The zero-order chi connectivity index (χ0) is 14.0. The first-order valence-corrected chi connectivity index (χ1v) is 7.56. The number of anilines is 2. The van der Waals surface area contributed by atoms with Crippen LogP contribution in [0.25, 0.3) is 11.1 Å². The molecule has 0 aliphatic rings. The van der Waals surface area contributed by atoms with E-state index in [0.29, 0.717) is 11.4 Å². The highest BCUT2D eigenvalue weighted by Gasteiger charge is 2.07. The molecular weight excluding hydrogens is 264 g/mol. The zero-order valence-electron chi connectivity index (χ0n) is 10.4. The molecule has 1 aromatic heterocycles. The summed E-state index contributed by atoms with van der Waals surface area (Å²) in [5, 5.41) is 0. The summed E-state index contributed by atoms with van der Waals surface area (Å²) in [5.41, 5.74) is 13.4. The summed E-state index contributed by atoms with van der Waals surface area (Å²) in [7, 11) is -3.03. The number of nitrogen functional groups attached to an aromatic ring is 2. The standard InChI is InChI=1S/C12H14N4O2S/c1-19(17,18)7-8-2-4-9(5-3-8)10-6-15-12(14)16-11(10)13/h2-6H,7H2,1H3,(H4,13,14,15,16). The van der Waals surface area contributed by atoms with Crippen LogP contribution in [0.2, 0.25) is 0 Å². The van der Waals surface area contributed by atoms with E-state index < -0.39 is 9.84 Å². The van der Waals surface area contributed by atoms with Gasteiger partial charge in [-0.3, -0.25) is 0 Å². The Morgan fingerprint density at radius 1 is 1.16 bits per heavy atom. The smallest absolute Gasteiger partial charge is 0.221 e. The highest BCUT2D eigenvalue weighted by molar-refractivity contribution is 7.89. The fraction of sp³-hybridized carbons (Fsp3) is 0.167. The molecule has 6 nitrogen and oxygen atoms in total. The maximum atomic E-state index is 11.2. The van der Waals surface area contributed by atoms with Gasteiger partial charge in [0.1, 0.15) is 5.82 Å². The largest absolute Gasteiger partial charge is 0.383 e. The Labute approximate surface area is 111 Å². The summed E-state index contributed by atoms with van der Waals surface area (Å²) >= 11 is 0. The van der Waals surface area contributed by atoms with Crippen molar-refractivity contribution >= 4 is 21.6 Å². The molecule has 0 amide bonds. The minimum absolute atomic E-state index is 0.0149. The van der Waals surface area contributed by atoms with Gasteiger partial charge in [-0.1, -0.05) is 24.3 Å². The van der Waals surface area contributed by atoms with Gasteiger partial charge in [0.25, 0.3) is 0 Å². The Morgan fingerprint density at radius 2 is 1.79 bits per heavy atom. The number of hydrogen-bond acceptors (Lipinski definition) is 6. The van der Waals surface area contributed by atoms with Crippen LogP contribution in [0.4, 0.5) is 11.8 Å². The molecule has 0 spiro atoms. The van der Waals surface area contributed by atoms with E-state index in [-0.39, 0.29) is 11.7 Å². The molecule has 2 rings (SSSR count). The number of nitrogens with zero attached hydrogens (tertiary/aromatic N) is 2. The second-order valence-electron chi connectivity index (χ2n) is 4.29. The van der Waals surface area contributed by atoms with Crippen molar-refractivity contribution in [3.8, 4) is 11.1 Å². The van der Waals surface area contributed by atoms with Crippen molar-refractivity contribution in [1.82, 2.24) is 9.97 Å². The second kappa shape index (κ2) is 4.85. The maximum absolute atomic E-state index is 11.2. The quantitative estimate of drug-likeness (QED) is 0.860. The molecule has 0 unspecified atom stereocenters. The highest BCUT2D eigenvalue weighted by atomic mass is 32.2. The van der Waals surface area contributed by atoms with Gasteiger partial charge < -0.3 is 11.5 Å². The summed E-state index contributed by atoms with van der Waals surface area (Å²) in [6.07, 6.45) is 2.75. The highest BCUT2D eigenvalue weighted by Crippen LogP contribution is 2.24. The van der Waals surface area contributed by atoms with Crippen LogP contribution >= 0.6 is 0 Å². The Hall–Kier alpha value is -2.15. The maximum Gasteiger partial charge on any atom is 0.221 e. The Bertz CT molecular complexity index is 696. The summed E-state index contributed by atoms with van der Waals surface area (Å²) in [6, 6.07) is 7.05. The minimum Gasteiger partial charge on any atom is -0.383 e. The summed E-state index contributed by atoms with van der Waals surface area (Å²) in [5.74, 6) is 0.430. The van der Waals surface area contributed by atoms with E-state index in [1.54, 1.807) is 30.5 Å². The average molecular weight is 278 g/mol. The first-order chi connectivity index (χ1) is 8.85. The molecule has 0 fully saturated rings. The van der Waals surface area contributed by atoms with Gasteiger partial charge in [-0.25, -0.2) is 13.4 Å². The van der Waals surface area contributed by atoms with Crippen molar-refractivity contribution in [2.75, 3.05) is 17.7 Å². The van der Waals surface area contributed by atoms with E-state index in [2.05, 4.69) is 9.97 Å². The van der Waals surface area contributed by atoms with E-state index in [4.69, 9.17) is 11.5 Å². The topological polar surface area (TPSA) is 112 Å². The van der Waals surface area contributed by atoms with Gasteiger partial charge in [0.05, 0.1) is 5.75 Å². The van der Waals surface area contributed by atoms with Crippen LogP contribution in [0.5, 0.6) is 0 Å². The van der Waals surface area contributed by atoms with Gasteiger partial charge in [0.2, 0.25) is 5.95 Å². The summed E-state index contributed by atoms with van der Waals surface area (Å²) in [6.45, 7) is 0. The van der Waals surface area contributed by atoms with Gasteiger partial charge in [0.15, 0.2) is 9.84 Å². The molecule has 2 aromatic rings. The van der Waals surface area contributed by atoms with Crippen LogP contribution in [0.3, 0.4) is 0 Å². The third-order valence-electron chi connectivity index (χ3n) is 2.53. The Morgan fingerprint density at radius 3 is 2.32 bits per heavy atom. The van der Waals surface area contributed by atoms with Gasteiger partial charge in [-0.2, -0.15) is 4.98 Å². The van der Waals surface area contributed by atoms with Crippen molar-refractivity contribution in [3.05, 3.63) is 36.0 Å². The molecule has 0 radical (unpaired) electrons. The molecule has 1 aromatic carbocycles. The van der Waals surface area contributed by atoms with Crippen LogP contribution in [-0.2, 0) is 15.6 Å². The molecule has 0 saturated carbocycles. The monoisotopic (exact) mass is 278 g/mol. The molecule has 1 heterocycles. The van der Waals surface area contributed by atoms with E-state index in [0.717, 1.165) is 11.1 Å².